The highest BCUT2D eigenvalue weighted by Gasteiger charge is 2.15. The molecule has 1 saturated carbocycles. The predicted octanol–water partition coefficient (Wildman–Crippen LogP) is 4.79. The number of aromatic nitrogens is 1. The Kier molecular flexibility index (Phi) is 4.32. The van der Waals surface area contributed by atoms with Crippen molar-refractivity contribution in [2.24, 2.45) is 0 Å². The molecule has 3 nitrogen and oxygen atoms in total. The van der Waals surface area contributed by atoms with Gasteiger partial charge >= 0.3 is 0 Å². The fraction of sp³-hybridized carbons (Fsp3) is 0.421. The first-order valence-electron chi connectivity index (χ1n) is 8.21. The van der Waals surface area contributed by atoms with Crippen LogP contribution in [-0.2, 0) is 0 Å². The molecule has 0 aliphatic heterocycles. The van der Waals surface area contributed by atoms with Crippen LogP contribution in [0.2, 0.25) is 0 Å². The third-order valence-corrected chi connectivity index (χ3v) is 4.84. The smallest absolute Gasteiger partial charge is 0.133 e. The predicted molar refractivity (Wildman–Crippen MR) is 93.7 cm³/mol. The Labute approximate surface area is 133 Å². The summed E-state index contributed by atoms with van der Waals surface area (Å²) in [6.45, 7) is 2.01. The molecule has 1 heterocycles. The van der Waals surface area contributed by atoms with E-state index in [1.807, 2.05) is 20.0 Å². The molecular weight excluding hydrogens is 270 g/mol. The molecule has 3 rings (SSSR count). The van der Waals surface area contributed by atoms with Gasteiger partial charge in [-0.2, -0.15) is 0 Å². The lowest BCUT2D eigenvalue weighted by atomic mass is 9.84. The van der Waals surface area contributed by atoms with Gasteiger partial charge in [0, 0.05) is 12.7 Å². The fourth-order valence-electron chi connectivity index (χ4n) is 3.27. The summed E-state index contributed by atoms with van der Waals surface area (Å²) < 4.78 is 0. The van der Waals surface area contributed by atoms with Crippen LogP contribution in [0, 0.1) is 6.92 Å². The van der Waals surface area contributed by atoms with Crippen molar-refractivity contribution >= 4 is 17.2 Å². The van der Waals surface area contributed by atoms with Crippen LogP contribution in [0.5, 0.6) is 0 Å². The highest BCUT2D eigenvalue weighted by atomic mass is 15.2. The van der Waals surface area contributed by atoms with Crippen LogP contribution in [0.15, 0.2) is 36.5 Å². The maximum absolute atomic E-state index is 5.85. The zero-order valence-electron chi connectivity index (χ0n) is 13.5. The Morgan fingerprint density at radius 2 is 1.77 bits per heavy atom. The standard InChI is InChI=1S/C19H25N3/c1-14-12-19(21-13-18(14)20)22(2)17-10-8-16(9-11-17)15-6-4-3-5-7-15/h8-13,15H,3-7,20H2,1-2H3. The van der Waals surface area contributed by atoms with E-state index in [1.54, 1.807) is 6.20 Å². The fourth-order valence-corrected chi connectivity index (χ4v) is 3.27. The molecule has 0 radical (unpaired) electrons. The quantitative estimate of drug-likeness (QED) is 0.885. The number of aryl methyl sites for hydroxylation is 1. The van der Waals surface area contributed by atoms with E-state index in [0.29, 0.717) is 0 Å². The van der Waals surface area contributed by atoms with Crippen molar-refractivity contribution in [1.29, 1.82) is 0 Å². The van der Waals surface area contributed by atoms with E-state index in [2.05, 4.69) is 34.1 Å². The third kappa shape index (κ3) is 3.08. The molecule has 0 atom stereocenters. The first-order valence-corrected chi connectivity index (χ1v) is 8.21. The first-order chi connectivity index (χ1) is 10.6. The summed E-state index contributed by atoms with van der Waals surface area (Å²) >= 11 is 0. The summed E-state index contributed by atoms with van der Waals surface area (Å²) in [6, 6.07) is 11.0. The van der Waals surface area contributed by atoms with Crippen LogP contribution in [0.1, 0.15) is 49.1 Å². The maximum Gasteiger partial charge on any atom is 0.133 e. The van der Waals surface area contributed by atoms with E-state index >= 15 is 0 Å². The van der Waals surface area contributed by atoms with Gasteiger partial charge in [-0.05, 0) is 55.0 Å². The van der Waals surface area contributed by atoms with Crippen molar-refractivity contribution in [3.8, 4) is 0 Å². The minimum Gasteiger partial charge on any atom is -0.397 e. The highest BCUT2D eigenvalue weighted by molar-refractivity contribution is 5.62. The van der Waals surface area contributed by atoms with Crippen molar-refractivity contribution < 1.29 is 0 Å². The van der Waals surface area contributed by atoms with Crippen molar-refractivity contribution in [1.82, 2.24) is 4.98 Å². The summed E-state index contributed by atoms with van der Waals surface area (Å²) in [4.78, 5) is 6.54. The van der Waals surface area contributed by atoms with E-state index in [0.717, 1.165) is 28.7 Å². The van der Waals surface area contributed by atoms with E-state index in [9.17, 15) is 0 Å². The molecule has 1 fully saturated rings. The van der Waals surface area contributed by atoms with Gasteiger partial charge in [-0.3, -0.25) is 0 Å². The Morgan fingerprint density at radius 3 is 2.41 bits per heavy atom. The summed E-state index contributed by atoms with van der Waals surface area (Å²) in [5, 5.41) is 0. The third-order valence-electron chi connectivity index (χ3n) is 4.84. The number of benzene rings is 1. The van der Waals surface area contributed by atoms with E-state index < -0.39 is 0 Å². The SMILES string of the molecule is Cc1cc(N(C)c2ccc(C3CCCCC3)cc2)ncc1N. The lowest BCUT2D eigenvalue weighted by Gasteiger charge is -2.23. The van der Waals surface area contributed by atoms with Gasteiger partial charge in [-0.25, -0.2) is 4.98 Å². The molecule has 3 heteroatoms. The van der Waals surface area contributed by atoms with Gasteiger partial charge in [-0.1, -0.05) is 31.4 Å². The molecule has 2 N–H and O–H groups in total. The number of nitrogens with two attached hydrogens (primary N) is 1. The van der Waals surface area contributed by atoms with Gasteiger partial charge in [0.25, 0.3) is 0 Å². The van der Waals surface area contributed by atoms with Gasteiger partial charge < -0.3 is 10.6 Å². The Hall–Kier alpha value is -2.03. The lowest BCUT2D eigenvalue weighted by molar-refractivity contribution is 0.443. The first kappa shape index (κ1) is 14.9. The number of anilines is 3. The molecule has 116 valence electrons. The van der Waals surface area contributed by atoms with Crippen LogP contribution in [-0.4, -0.2) is 12.0 Å². The molecule has 0 bridgehead atoms. The Balaban J connectivity index is 1.77. The Morgan fingerprint density at radius 1 is 1.09 bits per heavy atom. The van der Waals surface area contributed by atoms with E-state index in [1.165, 1.54) is 37.7 Å². The number of pyridine rings is 1. The van der Waals surface area contributed by atoms with Gasteiger partial charge in [0.1, 0.15) is 5.82 Å². The second kappa shape index (κ2) is 6.39. The van der Waals surface area contributed by atoms with Crippen LogP contribution in [0.25, 0.3) is 0 Å². The van der Waals surface area contributed by atoms with Crippen molar-refractivity contribution in [2.45, 2.75) is 44.9 Å². The number of nitrogens with zero attached hydrogens (tertiary/aromatic N) is 2. The molecule has 2 aromatic rings. The zero-order valence-corrected chi connectivity index (χ0v) is 13.5. The van der Waals surface area contributed by atoms with Crippen molar-refractivity contribution in [3.63, 3.8) is 0 Å². The average Bonchev–Trinajstić information content (AvgIpc) is 2.58. The van der Waals surface area contributed by atoms with Crippen molar-refractivity contribution in [3.05, 3.63) is 47.7 Å². The largest absolute Gasteiger partial charge is 0.397 e. The van der Waals surface area contributed by atoms with Gasteiger partial charge in [0.05, 0.1) is 11.9 Å². The molecule has 22 heavy (non-hydrogen) atoms. The monoisotopic (exact) mass is 295 g/mol. The van der Waals surface area contributed by atoms with Crippen LogP contribution in [0.4, 0.5) is 17.2 Å². The van der Waals surface area contributed by atoms with Crippen LogP contribution in [0.3, 0.4) is 0 Å². The van der Waals surface area contributed by atoms with Crippen molar-refractivity contribution in [2.75, 3.05) is 17.7 Å². The average molecular weight is 295 g/mol. The normalized spacial score (nSPS) is 15.7. The minimum atomic E-state index is 0.741. The van der Waals surface area contributed by atoms with E-state index in [-0.39, 0.29) is 0 Å². The molecule has 0 saturated heterocycles. The number of nitrogen functional groups attached to an aromatic ring is 1. The molecule has 0 unspecified atom stereocenters. The number of rotatable bonds is 3. The highest BCUT2D eigenvalue weighted by Crippen LogP contribution is 2.34. The van der Waals surface area contributed by atoms with E-state index in [4.69, 9.17) is 5.73 Å². The molecular formula is C19H25N3. The molecule has 1 aliphatic rings. The lowest BCUT2D eigenvalue weighted by Crippen LogP contribution is -2.12. The second-order valence-electron chi connectivity index (χ2n) is 6.38. The molecule has 1 aromatic carbocycles. The number of hydrogen-bond acceptors (Lipinski definition) is 3. The topological polar surface area (TPSA) is 42.2 Å². The summed E-state index contributed by atoms with van der Waals surface area (Å²) in [5.74, 6) is 1.68. The van der Waals surface area contributed by atoms with Gasteiger partial charge in [0.2, 0.25) is 0 Å². The maximum atomic E-state index is 5.85. The molecule has 1 aromatic heterocycles. The van der Waals surface area contributed by atoms with Gasteiger partial charge in [0.15, 0.2) is 0 Å². The summed E-state index contributed by atoms with van der Waals surface area (Å²) in [7, 11) is 2.05. The second-order valence-corrected chi connectivity index (χ2v) is 6.38. The van der Waals surface area contributed by atoms with Crippen LogP contribution >= 0.6 is 0 Å². The zero-order chi connectivity index (χ0) is 15.5. The molecule has 0 amide bonds. The summed E-state index contributed by atoms with van der Waals surface area (Å²) in [6.07, 6.45) is 8.57. The minimum absolute atomic E-state index is 0.741. The molecule has 0 spiro atoms. The number of hydrogen-bond donors (Lipinski definition) is 1. The summed E-state index contributed by atoms with van der Waals surface area (Å²) in [5.41, 5.74) is 10.3. The Bertz CT molecular complexity index is 628. The van der Waals surface area contributed by atoms with Gasteiger partial charge in [-0.15, -0.1) is 0 Å². The molecule has 1 aliphatic carbocycles. The van der Waals surface area contributed by atoms with Crippen LogP contribution < -0.4 is 10.6 Å².